The van der Waals surface area contributed by atoms with Gasteiger partial charge in [0.25, 0.3) is 0 Å². The molecule has 0 bridgehead atoms. The molecule has 1 fully saturated rings. The third-order valence-corrected chi connectivity index (χ3v) is 5.52. The predicted octanol–water partition coefficient (Wildman–Crippen LogP) is 3.26. The highest BCUT2D eigenvalue weighted by Gasteiger charge is 2.21. The smallest absolute Gasteiger partial charge is 0.218 e. The number of para-hydroxylation sites is 2. The number of hydrogen-bond acceptors (Lipinski definition) is 5. The van der Waals surface area contributed by atoms with Crippen LogP contribution in [0.4, 0.5) is 5.69 Å². The molecule has 1 aliphatic heterocycles. The van der Waals surface area contributed by atoms with E-state index in [0.29, 0.717) is 24.8 Å². The first-order valence-corrected chi connectivity index (χ1v) is 10.8. The summed E-state index contributed by atoms with van der Waals surface area (Å²) in [6.07, 6.45) is 1.75. The summed E-state index contributed by atoms with van der Waals surface area (Å²) in [4.78, 5) is 13.3. The van der Waals surface area contributed by atoms with E-state index in [9.17, 15) is 5.11 Å². The van der Waals surface area contributed by atoms with Gasteiger partial charge in [-0.1, -0.05) is 48.5 Å². The normalized spacial score (nSPS) is 14.3. The van der Waals surface area contributed by atoms with E-state index in [4.69, 9.17) is 4.74 Å². The number of benzene rings is 2. The number of aromatic nitrogens is 1. The number of hydrogen-bond donors (Lipinski definition) is 2. The van der Waals surface area contributed by atoms with Crippen molar-refractivity contribution in [1.82, 2.24) is 15.2 Å². The van der Waals surface area contributed by atoms with E-state index in [2.05, 4.69) is 25.1 Å². The predicted molar refractivity (Wildman–Crippen MR) is 127 cm³/mol. The number of phenols is 1. The van der Waals surface area contributed by atoms with Gasteiger partial charge < -0.3 is 25.0 Å². The summed E-state index contributed by atoms with van der Waals surface area (Å²) in [5.41, 5.74) is 2.97. The van der Waals surface area contributed by atoms with E-state index < -0.39 is 0 Å². The average Bonchev–Trinajstić information content (AvgIpc) is 2.85. The number of rotatable bonds is 6. The maximum Gasteiger partial charge on any atom is 0.218 e. The first-order chi connectivity index (χ1) is 15.7. The maximum absolute atomic E-state index is 10.1. The van der Waals surface area contributed by atoms with Gasteiger partial charge in [-0.05, 0) is 23.8 Å². The molecular formula is C25H29N5O2. The first-order valence-electron chi connectivity index (χ1n) is 10.8. The lowest BCUT2D eigenvalue weighted by Gasteiger charge is -2.37. The number of aromatic hydroxyl groups is 1. The molecule has 0 spiro atoms. The highest BCUT2D eigenvalue weighted by molar-refractivity contribution is 5.80. The van der Waals surface area contributed by atoms with Gasteiger partial charge in [-0.3, -0.25) is 4.99 Å². The summed E-state index contributed by atoms with van der Waals surface area (Å²) >= 11 is 0. The quantitative estimate of drug-likeness (QED) is 0.461. The van der Waals surface area contributed by atoms with Gasteiger partial charge in [-0.15, -0.1) is 0 Å². The summed E-state index contributed by atoms with van der Waals surface area (Å²) in [7, 11) is 1.80. The highest BCUT2D eigenvalue weighted by atomic mass is 16.5. The molecule has 1 aliphatic rings. The van der Waals surface area contributed by atoms with Crippen molar-refractivity contribution in [3.8, 4) is 11.6 Å². The molecule has 0 saturated carbocycles. The van der Waals surface area contributed by atoms with E-state index in [1.807, 2.05) is 60.7 Å². The van der Waals surface area contributed by atoms with Crippen LogP contribution in [0.25, 0.3) is 0 Å². The van der Waals surface area contributed by atoms with Crippen molar-refractivity contribution in [3.05, 3.63) is 84.1 Å². The second kappa shape index (κ2) is 10.5. The van der Waals surface area contributed by atoms with Crippen LogP contribution >= 0.6 is 0 Å². The van der Waals surface area contributed by atoms with E-state index in [0.717, 1.165) is 49.0 Å². The van der Waals surface area contributed by atoms with E-state index in [-0.39, 0.29) is 0 Å². The molecule has 1 saturated heterocycles. The lowest BCUT2D eigenvalue weighted by molar-refractivity contribution is 0.290. The largest absolute Gasteiger partial charge is 0.506 e. The van der Waals surface area contributed by atoms with Crippen LogP contribution in [0.15, 0.2) is 77.9 Å². The summed E-state index contributed by atoms with van der Waals surface area (Å²) in [5, 5.41) is 13.6. The van der Waals surface area contributed by atoms with Gasteiger partial charge in [-0.2, -0.15) is 0 Å². The summed E-state index contributed by atoms with van der Waals surface area (Å²) in [5.74, 6) is 1.80. The Kier molecular flexibility index (Phi) is 7.07. The van der Waals surface area contributed by atoms with Crippen LogP contribution in [0.5, 0.6) is 11.6 Å². The van der Waals surface area contributed by atoms with Gasteiger partial charge in [0.05, 0.1) is 5.69 Å². The van der Waals surface area contributed by atoms with Crippen molar-refractivity contribution >= 4 is 11.6 Å². The molecule has 1 aromatic heterocycles. The zero-order chi connectivity index (χ0) is 22.2. The Labute approximate surface area is 189 Å². The molecule has 0 radical (unpaired) electrons. The number of aliphatic imine (C=N–C) groups is 1. The molecule has 7 heteroatoms. The lowest BCUT2D eigenvalue weighted by Crippen LogP contribution is -2.52. The summed E-state index contributed by atoms with van der Waals surface area (Å²) < 4.78 is 5.97. The van der Waals surface area contributed by atoms with Gasteiger partial charge in [0.15, 0.2) is 5.96 Å². The van der Waals surface area contributed by atoms with E-state index in [1.165, 1.54) is 0 Å². The van der Waals surface area contributed by atoms with Gasteiger partial charge in [0.1, 0.15) is 12.4 Å². The van der Waals surface area contributed by atoms with Gasteiger partial charge in [0, 0.05) is 51.5 Å². The lowest BCUT2D eigenvalue weighted by atomic mass is 10.2. The number of nitrogens with zero attached hydrogens (tertiary/aromatic N) is 4. The molecular weight excluding hydrogens is 402 g/mol. The topological polar surface area (TPSA) is 73.2 Å². The van der Waals surface area contributed by atoms with Crippen LogP contribution in [0.3, 0.4) is 0 Å². The molecule has 3 aromatic rings. The SMILES string of the molecule is CN=C(NCc1cccnc1OCc1ccccc1)N1CCN(c2ccccc2O)CC1. The van der Waals surface area contributed by atoms with Crippen molar-refractivity contribution in [1.29, 1.82) is 0 Å². The van der Waals surface area contributed by atoms with Crippen molar-refractivity contribution in [3.63, 3.8) is 0 Å². The Morgan fingerprint density at radius 2 is 1.75 bits per heavy atom. The number of pyridine rings is 1. The molecule has 166 valence electrons. The monoisotopic (exact) mass is 431 g/mol. The average molecular weight is 432 g/mol. The van der Waals surface area contributed by atoms with Crippen molar-refractivity contribution in [2.24, 2.45) is 4.99 Å². The Hall–Kier alpha value is -3.74. The molecule has 7 nitrogen and oxygen atoms in total. The van der Waals surface area contributed by atoms with Crippen molar-refractivity contribution in [2.75, 3.05) is 38.1 Å². The Morgan fingerprint density at radius 1 is 1.00 bits per heavy atom. The number of piperazine rings is 1. The van der Waals surface area contributed by atoms with Gasteiger partial charge in [0.2, 0.25) is 5.88 Å². The number of anilines is 1. The standard InChI is InChI=1S/C25H29N5O2/c1-26-25(30-16-14-29(15-17-30)22-11-5-6-12-23(22)31)28-18-21-10-7-13-27-24(21)32-19-20-8-3-2-4-9-20/h2-13,31H,14-19H2,1H3,(H,26,28). The molecule has 0 unspecified atom stereocenters. The minimum Gasteiger partial charge on any atom is -0.506 e. The number of ether oxygens (including phenoxy) is 1. The third kappa shape index (κ3) is 5.29. The minimum absolute atomic E-state index is 0.322. The van der Waals surface area contributed by atoms with Crippen LogP contribution in [-0.4, -0.2) is 54.2 Å². The number of guanidine groups is 1. The zero-order valence-electron chi connectivity index (χ0n) is 18.3. The Morgan fingerprint density at radius 3 is 2.50 bits per heavy atom. The summed E-state index contributed by atoms with van der Waals surface area (Å²) in [6.45, 7) is 4.32. The molecule has 4 rings (SSSR count). The third-order valence-electron chi connectivity index (χ3n) is 5.52. The second-order valence-corrected chi connectivity index (χ2v) is 7.61. The first kappa shape index (κ1) is 21.5. The van der Waals surface area contributed by atoms with E-state index >= 15 is 0 Å². The van der Waals surface area contributed by atoms with Crippen LogP contribution in [0.2, 0.25) is 0 Å². The fourth-order valence-electron chi connectivity index (χ4n) is 3.81. The van der Waals surface area contributed by atoms with Gasteiger partial charge in [-0.25, -0.2) is 4.98 Å². The minimum atomic E-state index is 0.322. The van der Waals surface area contributed by atoms with Gasteiger partial charge >= 0.3 is 0 Å². The molecule has 32 heavy (non-hydrogen) atoms. The Balaban J connectivity index is 1.33. The fraction of sp³-hybridized carbons (Fsp3) is 0.280. The molecule has 2 N–H and O–H groups in total. The van der Waals surface area contributed by atoms with Crippen LogP contribution in [-0.2, 0) is 13.2 Å². The molecule has 0 atom stereocenters. The van der Waals surface area contributed by atoms with E-state index in [1.54, 1.807) is 19.3 Å². The molecule has 0 aliphatic carbocycles. The van der Waals surface area contributed by atoms with Crippen molar-refractivity contribution in [2.45, 2.75) is 13.2 Å². The molecule has 0 amide bonds. The zero-order valence-corrected chi connectivity index (χ0v) is 18.3. The molecule has 2 aromatic carbocycles. The highest BCUT2D eigenvalue weighted by Crippen LogP contribution is 2.27. The second-order valence-electron chi connectivity index (χ2n) is 7.61. The van der Waals surface area contributed by atoms with Crippen molar-refractivity contribution < 1.29 is 9.84 Å². The number of nitrogens with one attached hydrogen (secondary N) is 1. The number of phenolic OH excluding ortho intramolecular Hbond substituents is 1. The molecule has 2 heterocycles. The summed E-state index contributed by atoms with van der Waals surface area (Å²) in [6, 6.07) is 21.5. The maximum atomic E-state index is 10.1. The van der Waals surface area contributed by atoms with Crippen LogP contribution in [0, 0.1) is 0 Å². The fourth-order valence-corrected chi connectivity index (χ4v) is 3.81. The van der Waals surface area contributed by atoms with Crippen LogP contribution in [0.1, 0.15) is 11.1 Å². The van der Waals surface area contributed by atoms with Crippen LogP contribution < -0.4 is 15.0 Å². The Bertz CT molecular complexity index is 1030.